The van der Waals surface area contributed by atoms with Crippen LogP contribution in [-0.4, -0.2) is 36.7 Å². The molecule has 2 heterocycles. The summed E-state index contributed by atoms with van der Waals surface area (Å²) < 4.78 is 5.83. The SMILES string of the molecule is Cl.c1cc(OCC2CC2)ccc1CN1C2CCNCC1CC2. The summed E-state index contributed by atoms with van der Waals surface area (Å²) in [5.74, 6) is 1.86. The average Bonchev–Trinajstić information content (AvgIpc) is 3.25. The van der Waals surface area contributed by atoms with Crippen LogP contribution in [0.2, 0.25) is 0 Å². The molecule has 1 aromatic rings. The van der Waals surface area contributed by atoms with Gasteiger partial charge in [-0.1, -0.05) is 12.1 Å². The highest BCUT2D eigenvalue weighted by Gasteiger charge is 2.34. The second kappa shape index (κ2) is 7.20. The fourth-order valence-electron chi connectivity index (χ4n) is 3.74. The first-order valence-corrected chi connectivity index (χ1v) is 8.57. The quantitative estimate of drug-likeness (QED) is 0.901. The second-order valence-electron chi connectivity index (χ2n) is 6.95. The standard InChI is InChI=1S/C18H26N2O.ClH/c1-2-15(1)13-21-18-7-3-14(4-8-18)12-20-16-5-6-17(20)11-19-10-9-16;/h3-4,7-8,15-17,19H,1-2,5-6,9-13H2;1H. The predicted molar refractivity (Wildman–Crippen MR) is 91.7 cm³/mol. The van der Waals surface area contributed by atoms with Crippen molar-refractivity contribution >= 4 is 12.4 Å². The van der Waals surface area contributed by atoms with Crippen LogP contribution in [0.4, 0.5) is 0 Å². The Balaban J connectivity index is 0.00000144. The van der Waals surface area contributed by atoms with Crippen molar-refractivity contribution in [3.63, 3.8) is 0 Å². The Morgan fingerprint density at radius 2 is 1.77 bits per heavy atom. The monoisotopic (exact) mass is 322 g/mol. The molecule has 2 bridgehead atoms. The number of hydrogen-bond acceptors (Lipinski definition) is 3. The molecule has 0 radical (unpaired) electrons. The van der Waals surface area contributed by atoms with Gasteiger partial charge in [0.25, 0.3) is 0 Å². The Kier molecular flexibility index (Phi) is 5.27. The van der Waals surface area contributed by atoms with Crippen LogP contribution in [0.5, 0.6) is 5.75 Å². The third kappa shape index (κ3) is 3.76. The van der Waals surface area contributed by atoms with Crippen molar-refractivity contribution in [1.82, 2.24) is 10.2 Å². The Hall–Kier alpha value is -0.770. The second-order valence-corrected chi connectivity index (χ2v) is 6.95. The molecule has 3 aliphatic rings. The number of rotatable bonds is 5. The summed E-state index contributed by atoms with van der Waals surface area (Å²) in [6, 6.07) is 10.3. The van der Waals surface area contributed by atoms with Gasteiger partial charge in [-0.3, -0.25) is 4.90 Å². The number of halogens is 1. The molecule has 3 fully saturated rings. The molecule has 2 atom stereocenters. The molecule has 4 rings (SSSR count). The van der Waals surface area contributed by atoms with Gasteiger partial charge in [0, 0.05) is 25.2 Å². The lowest BCUT2D eigenvalue weighted by molar-refractivity contribution is 0.193. The van der Waals surface area contributed by atoms with Gasteiger partial charge >= 0.3 is 0 Å². The lowest BCUT2D eigenvalue weighted by Crippen LogP contribution is -2.37. The highest BCUT2D eigenvalue weighted by Crippen LogP contribution is 2.31. The van der Waals surface area contributed by atoms with E-state index < -0.39 is 0 Å². The lowest BCUT2D eigenvalue weighted by atomic mass is 10.1. The van der Waals surface area contributed by atoms with Crippen molar-refractivity contribution in [2.75, 3.05) is 19.7 Å². The Morgan fingerprint density at radius 1 is 1.00 bits per heavy atom. The van der Waals surface area contributed by atoms with Gasteiger partial charge in [-0.05, 0) is 62.3 Å². The zero-order chi connectivity index (χ0) is 14.1. The fraction of sp³-hybridized carbons (Fsp3) is 0.667. The number of hydrogen-bond donors (Lipinski definition) is 1. The Bertz CT molecular complexity index is 460. The highest BCUT2D eigenvalue weighted by atomic mass is 35.5. The zero-order valence-electron chi connectivity index (χ0n) is 13.2. The molecular weight excluding hydrogens is 296 g/mol. The minimum Gasteiger partial charge on any atom is -0.493 e. The van der Waals surface area contributed by atoms with Gasteiger partial charge in [0.1, 0.15) is 5.75 Å². The largest absolute Gasteiger partial charge is 0.493 e. The van der Waals surface area contributed by atoms with Crippen LogP contribution in [0.1, 0.15) is 37.7 Å². The number of benzene rings is 1. The van der Waals surface area contributed by atoms with Crippen molar-refractivity contribution < 1.29 is 4.74 Å². The molecule has 3 nitrogen and oxygen atoms in total. The van der Waals surface area contributed by atoms with Crippen LogP contribution in [0, 0.1) is 5.92 Å². The van der Waals surface area contributed by atoms with Crippen molar-refractivity contribution in [3.8, 4) is 5.75 Å². The van der Waals surface area contributed by atoms with E-state index in [2.05, 4.69) is 34.5 Å². The molecule has 1 aliphatic carbocycles. The first-order chi connectivity index (χ1) is 10.4. The summed E-state index contributed by atoms with van der Waals surface area (Å²) in [5, 5.41) is 3.58. The molecular formula is C18H27ClN2O. The maximum Gasteiger partial charge on any atom is 0.119 e. The summed E-state index contributed by atoms with van der Waals surface area (Å²) >= 11 is 0. The molecule has 22 heavy (non-hydrogen) atoms. The van der Waals surface area contributed by atoms with E-state index in [1.807, 2.05) is 0 Å². The van der Waals surface area contributed by atoms with Crippen molar-refractivity contribution in [2.24, 2.45) is 5.92 Å². The molecule has 1 aromatic carbocycles. The van der Waals surface area contributed by atoms with Crippen molar-refractivity contribution in [1.29, 1.82) is 0 Å². The molecule has 4 heteroatoms. The number of ether oxygens (including phenoxy) is 1. The smallest absolute Gasteiger partial charge is 0.119 e. The van der Waals surface area contributed by atoms with Gasteiger partial charge in [-0.25, -0.2) is 0 Å². The van der Waals surface area contributed by atoms with Crippen LogP contribution in [0.25, 0.3) is 0 Å². The minimum absolute atomic E-state index is 0. The fourth-order valence-corrected chi connectivity index (χ4v) is 3.74. The summed E-state index contributed by atoms with van der Waals surface area (Å²) in [4.78, 5) is 2.72. The van der Waals surface area contributed by atoms with E-state index >= 15 is 0 Å². The average molecular weight is 323 g/mol. The molecule has 2 saturated heterocycles. The molecule has 2 unspecified atom stereocenters. The van der Waals surface area contributed by atoms with Crippen LogP contribution in [0.15, 0.2) is 24.3 Å². The van der Waals surface area contributed by atoms with Crippen LogP contribution in [-0.2, 0) is 6.54 Å². The summed E-state index contributed by atoms with van der Waals surface area (Å²) in [6.45, 7) is 4.35. The molecule has 0 aromatic heterocycles. The van der Waals surface area contributed by atoms with Crippen LogP contribution in [0.3, 0.4) is 0 Å². The number of nitrogens with one attached hydrogen (secondary N) is 1. The van der Waals surface area contributed by atoms with E-state index in [-0.39, 0.29) is 12.4 Å². The molecule has 122 valence electrons. The van der Waals surface area contributed by atoms with E-state index in [0.717, 1.165) is 36.9 Å². The topological polar surface area (TPSA) is 24.5 Å². The predicted octanol–water partition coefficient (Wildman–Crippen LogP) is 3.22. The number of fused-ring (bicyclic) bond motifs is 2. The van der Waals surface area contributed by atoms with Crippen molar-refractivity contribution in [3.05, 3.63) is 29.8 Å². The van der Waals surface area contributed by atoms with E-state index in [9.17, 15) is 0 Å². The Morgan fingerprint density at radius 3 is 2.55 bits per heavy atom. The molecule has 1 saturated carbocycles. The van der Waals surface area contributed by atoms with Gasteiger partial charge < -0.3 is 10.1 Å². The van der Waals surface area contributed by atoms with E-state index in [1.165, 1.54) is 50.8 Å². The maximum atomic E-state index is 5.83. The lowest BCUT2D eigenvalue weighted by Gasteiger charge is -2.27. The first-order valence-electron chi connectivity index (χ1n) is 8.57. The molecule has 1 N–H and O–H groups in total. The Labute approximate surface area is 139 Å². The van der Waals surface area contributed by atoms with Gasteiger partial charge in [-0.15, -0.1) is 12.4 Å². The third-order valence-corrected chi connectivity index (χ3v) is 5.28. The van der Waals surface area contributed by atoms with E-state index in [0.29, 0.717) is 0 Å². The molecule has 0 spiro atoms. The summed E-state index contributed by atoms with van der Waals surface area (Å²) in [7, 11) is 0. The van der Waals surface area contributed by atoms with Crippen LogP contribution < -0.4 is 10.1 Å². The summed E-state index contributed by atoms with van der Waals surface area (Å²) in [5.41, 5.74) is 1.42. The van der Waals surface area contributed by atoms with E-state index in [1.54, 1.807) is 0 Å². The normalized spacial score (nSPS) is 28.0. The number of nitrogens with zero attached hydrogens (tertiary/aromatic N) is 1. The van der Waals surface area contributed by atoms with Gasteiger partial charge in [0.05, 0.1) is 6.61 Å². The minimum atomic E-state index is 0. The van der Waals surface area contributed by atoms with E-state index in [4.69, 9.17) is 4.74 Å². The first kappa shape index (κ1) is 16.1. The van der Waals surface area contributed by atoms with Gasteiger partial charge in [0.2, 0.25) is 0 Å². The zero-order valence-corrected chi connectivity index (χ0v) is 14.0. The van der Waals surface area contributed by atoms with Gasteiger partial charge in [-0.2, -0.15) is 0 Å². The van der Waals surface area contributed by atoms with Crippen molar-refractivity contribution in [2.45, 2.75) is 50.7 Å². The summed E-state index contributed by atoms with van der Waals surface area (Å²) in [6.07, 6.45) is 6.75. The highest BCUT2D eigenvalue weighted by molar-refractivity contribution is 5.85. The van der Waals surface area contributed by atoms with Crippen LogP contribution >= 0.6 is 12.4 Å². The molecule has 2 aliphatic heterocycles. The molecule has 0 amide bonds. The maximum absolute atomic E-state index is 5.83. The van der Waals surface area contributed by atoms with Gasteiger partial charge in [0.15, 0.2) is 0 Å². The third-order valence-electron chi connectivity index (χ3n) is 5.28.